The highest BCUT2D eigenvalue weighted by atomic mass is 32.2. The van der Waals surface area contributed by atoms with Crippen molar-refractivity contribution in [3.63, 3.8) is 0 Å². The highest BCUT2D eigenvalue weighted by molar-refractivity contribution is 8.04. The van der Waals surface area contributed by atoms with Gasteiger partial charge in [-0.15, -0.1) is 18.2 Å². The highest BCUT2D eigenvalue weighted by Crippen LogP contribution is 2.30. The molecular formula is C22H25N3O2S. The molecule has 0 fully saturated rings. The summed E-state index contributed by atoms with van der Waals surface area (Å²) in [6, 6.07) is 0. The van der Waals surface area contributed by atoms with Crippen LogP contribution < -0.4 is 0 Å². The summed E-state index contributed by atoms with van der Waals surface area (Å²) in [4.78, 5) is 22.3. The fourth-order valence-electron chi connectivity index (χ4n) is 2.75. The summed E-state index contributed by atoms with van der Waals surface area (Å²) in [6.07, 6.45) is 15.7. The Hall–Kier alpha value is -2.78. The van der Waals surface area contributed by atoms with E-state index in [0.717, 1.165) is 34.0 Å². The molecule has 0 bridgehead atoms. The summed E-state index contributed by atoms with van der Waals surface area (Å²) in [5, 5.41) is 0. The first-order valence-corrected chi connectivity index (χ1v) is 10.1. The molecule has 1 aromatic rings. The second-order valence-electron chi connectivity index (χ2n) is 5.91. The van der Waals surface area contributed by atoms with Crippen molar-refractivity contribution in [2.45, 2.75) is 33.7 Å². The second kappa shape index (κ2) is 10.5. The summed E-state index contributed by atoms with van der Waals surface area (Å²) < 4.78 is 7.04. The van der Waals surface area contributed by atoms with Crippen LogP contribution in [0.25, 0.3) is 5.70 Å². The summed E-state index contributed by atoms with van der Waals surface area (Å²) >= 11 is 1.55. The van der Waals surface area contributed by atoms with Crippen molar-refractivity contribution in [2.24, 2.45) is 4.99 Å². The number of esters is 1. The Morgan fingerprint density at radius 1 is 1.50 bits per heavy atom. The van der Waals surface area contributed by atoms with Gasteiger partial charge in [0, 0.05) is 5.70 Å². The van der Waals surface area contributed by atoms with E-state index < -0.39 is 5.97 Å². The monoisotopic (exact) mass is 395 g/mol. The minimum Gasteiger partial charge on any atom is -0.461 e. The maximum Gasteiger partial charge on any atom is 0.358 e. The minimum atomic E-state index is -0.431. The zero-order valence-electron chi connectivity index (χ0n) is 16.6. The predicted molar refractivity (Wildman–Crippen MR) is 117 cm³/mol. The fourth-order valence-corrected chi connectivity index (χ4v) is 3.56. The number of imidazole rings is 1. The molecule has 28 heavy (non-hydrogen) atoms. The molecule has 6 heteroatoms. The topological polar surface area (TPSA) is 56.5 Å². The maximum atomic E-state index is 12.2. The van der Waals surface area contributed by atoms with Crippen molar-refractivity contribution in [3.8, 4) is 12.3 Å². The van der Waals surface area contributed by atoms with Gasteiger partial charge in [-0.3, -0.25) is 4.99 Å². The number of hydrogen-bond acceptors (Lipinski definition) is 5. The Bertz CT molecular complexity index is 911. The predicted octanol–water partition coefficient (Wildman–Crippen LogP) is 4.65. The molecule has 146 valence electrons. The number of terminal acetylenes is 1. The third-order valence-electron chi connectivity index (χ3n) is 4.13. The van der Waals surface area contributed by atoms with Crippen LogP contribution in [-0.2, 0) is 11.3 Å². The Balaban J connectivity index is 2.57. The minimum absolute atomic E-state index is 0.302. The average molecular weight is 396 g/mol. The van der Waals surface area contributed by atoms with E-state index in [1.807, 2.05) is 23.6 Å². The third kappa shape index (κ3) is 4.93. The molecule has 0 spiro atoms. The number of aliphatic imine (C=N–C) groups is 1. The largest absolute Gasteiger partial charge is 0.461 e. The van der Waals surface area contributed by atoms with Crippen molar-refractivity contribution in [1.82, 2.24) is 9.55 Å². The van der Waals surface area contributed by atoms with E-state index in [9.17, 15) is 4.79 Å². The molecule has 0 atom stereocenters. The molecule has 0 amide bonds. The van der Waals surface area contributed by atoms with Crippen molar-refractivity contribution in [2.75, 3.05) is 12.4 Å². The molecule has 1 aromatic heterocycles. The Morgan fingerprint density at radius 2 is 2.29 bits per heavy atom. The molecule has 1 aliphatic rings. The molecule has 2 rings (SSSR count). The van der Waals surface area contributed by atoms with E-state index in [0.29, 0.717) is 24.6 Å². The summed E-state index contributed by atoms with van der Waals surface area (Å²) in [5.74, 6) is 2.76. The molecular weight excluding hydrogens is 370 g/mol. The number of hydrogen-bond donors (Lipinski definition) is 0. The molecule has 0 N–H and O–H groups in total. The van der Waals surface area contributed by atoms with Crippen LogP contribution >= 0.6 is 11.8 Å². The Morgan fingerprint density at radius 3 is 2.93 bits per heavy atom. The van der Waals surface area contributed by atoms with Gasteiger partial charge >= 0.3 is 5.97 Å². The fraction of sp³-hybridized carbons (Fsp3) is 0.318. The number of thioether (sulfide) groups is 1. The lowest BCUT2D eigenvalue weighted by atomic mass is 10.1. The number of fused-ring (bicyclic) bond motifs is 1. The van der Waals surface area contributed by atoms with Gasteiger partial charge in [-0.25, -0.2) is 9.78 Å². The zero-order valence-corrected chi connectivity index (χ0v) is 17.4. The van der Waals surface area contributed by atoms with E-state index in [2.05, 4.69) is 30.5 Å². The van der Waals surface area contributed by atoms with Crippen LogP contribution in [0.5, 0.6) is 0 Å². The quantitative estimate of drug-likeness (QED) is 0.365. The lowest BCUT2D eigenvalue weighted by Crippen LogP contribution is -2.09. The van der Waals surface area contributed by atoms with Gasteiger partial charge in [0.25, 0.3) is 0 Å². The van der Waals surface area contributed by atoms with Crippen molar-refractivity contribution >= 4 is 29.1 Å². The normalized spacial score (nSPS) is 14.4. The molecule has 5 nitrogen and oxygen atoms in total. The van der Waals surface area contributed by atoms with E-state index >= 15 is 0 Å². The Labute approximate surface area is 171 Å². The van der Waals surface area contributed by atoms with Crippen LogP contribution in [0.2, 0.25) is 0 Å². The van der Waals surface area contributed by atoms with Crippen LogP contribution in [0.15, 0.2) is 52.7 Å². The van der Waals surface area contributed by atoms with E-state index in [4.69, 9.17) is 16.2 Å². The van der Waals surface area contributed by atoms with Gasteiger partial charge in [0.1, 0.15) is 6.33 Å². The van der Waals surface area contributed by atoms with E-state index in [-0.39, 0.29) is 0 Å². The average Bonchev–Trinajstić information content (AvgIpc) is 3.07. The lowest BCUT2D eigenvalue weighted by Gasteiger charge is -2.11. The summed E-state index contributed by atoms with van der Waals surface area (Å²) in [6.45, 7) is 10.2. The standard InChI is InChI=1S/C22H25N3O2S/c1-6-10-11-17(8-3)13-18-21(28-12-7-2)16(5)25-15-24-20(19(25)14-23-18)22(26)27-9-4/h2,6,10-11,13,15H,1,8-9,12,14H2,3-5H3/b11-10-,17-13+. The Kier molecular flexibility index (Phi) is 8.09. The smallest absolute Gasteiger partial charge is 0.358 e. The molecule has 0 aromatic carbocycles. The first kappa shape index (κ1) is 21.5. The van der Waals surface area contributed by atoms with Gasteiger partial charge in [-0.05, 0) is 31.9 Å². The number of ether oxygens (including phenoxy) is 1. The van der Waals surface area contributed by atoms with Crippen LogP contribution in [-0.4, -0.2) is 33.6 Å². The van der Waals surface area contributed by atoms with E-state index in [1.165, 1.54) is 0 Å². The van der Waals surface area contributed by atoms with Crippen molar-refractivity contribution in [3.05, 3.63) is 59.1 Å². The van der Waals surface area contributed by atoms with Crippen molar-refractivity contribution < 1.29 is 9.53 Å². The number of aromatic nitrogens is 2. The molecule has 1 aliphatic heterocycles. The first-order chi connectivity index (χ1) is 13.6. The number of allylic oxidation sites excluding steroid dienone is 7. The van der Waals surface area contributed by atoms with Crippen LogP contribution in [0.1, 0.15) is 43.4 Å². The number of nitrogens with zero attached hydrogens (tertiary/aromatic N) is 3. The van der Waals surface area contributed by atoms with Crippen LogP contribution in [0, 0.1) is 12.3 Å². The van der Waals surface area contributed by atoms with Gasteiger partial charge in [0.15, 0.2) is 5.69 Å². The molecule has 0 unspecified atom stereocenters. The molecule has 0 saturated heterocycles. The number of rotatable bonds is 8. The first-order valence-electron chi connectivity index (χ1n) is 9.12. The van der Waals surface area contributed by atoms with Gasteiger partial charge in [-0.2, -0.15) is 0 Å². The number of carbonyl (C=O) groups excluding carboxylic acids is 1. The third-order valence-corrected chi connectivity index (χ3v) is 5.24. The van der Waals surface area contributed by atoms with Gasteiger partial charge in [-0.1, -0.05) is 37.7 Å². The molecule has 2 heterocycles. The molecule has 0 saturated carbocycles. The van der Waals surface area contributed by atoms with Crippen LogP contribution in [0.4, 0.5) is 0 Å². The SMILES string of the molecule is C#CCSC1=C(C)n2cnc(C(=O)OCC)c2CN=C1/C=C(/C=C\C=C)CC. The van der Waals surface area contributed by atoms with Crippen molar-refractivity contribution in [1.29, 1.82) is 0 Å². The molecule has 0 aliphatic carbocycles. The summed E-state index contributed by atoms with van der Waals surface area (Å²) in [5.41, 5.74) is 3.94. The zero-order chi connectivity index (χ0) is 20.5. The highest BCUT2D eigenvalue weighted by Gasteiger charge is 2.24. The van der Waals surface area contributed by atoms with Crippen LogP contribution in [0.3, 0.4) is 0 Å². The van der Waals surface area contributed by atoms with Gasteiger partial charge in [0.05, 0.1) is 35.2 Å². The maximum absolute atomic E-state index is 12.2. The van der Waals surface area contributed by atoms with Gasteiger partial charge < -0.3 is 9.30 Å². The second-order valence-corrected chi connectivity index (χ2v) is 6.89. The summed E-state index contributed by atoms with van der Waals surface area (Å²) in [7, 11) is 0. The lowest BCUT2D eigenvalue weighted by molar-refractivity contribution is 0.0518. The van der Waals surface area contributed by atoms with Gasteiger partial charge in [0.2, 0.25) is 0 Å². The molecule has 0 radical (unpaired) electrons. The number of carbonyl (C=O) groups is 1. The van der Waals surface area contributed by atoms with E-state index in [1.54, 1.807) is 31.1 Å².